The second kappa shape index (κ2) is 10.2. The first-order valence-electron chi connectivity index (χ1n) is 10.9. The van der Waals surface area contributed by atoms with Crippen LogP contribution in [0.4, 0.5) is 11.4 Å². The van der Waals surface area contributed by atoms with E-state index in [-0.39, 0.29) is 10.6 Å². The number of hydrogen-bond donors (Lipinski definition) is 2. The van der Waals surface area contributed by atoms with Gasteiger partial charge in [-0.15, -0.1) is 28.3 Å². The summed E-state index contributed by atoms with van der Waals surface area (Å²) >= 11 is 31.3. The Morgan fingerprint density at radius 2 is 1.54 bits per heavy atom. The topological polar surface area (TPSA) is 88.9 Å². The van der Waals surface area contributed by atoms with E-state index in [9.17, 15) is 9.59 Å². The van der Waals surface area contributed by atoms with Crippen molar-refractivity contribution in [3.05, 3.63) is 99.3 Å². The summed E-state index contributed by atoms with van der Waals surface area (Å²) < 4.78 is 0.263. The number of hydrogen-bond acceptors (Lipinski definition) is 4. The molecule has 37 heavy (non-hydrogen) atoms. The molecule has 0 aliphatic heterocycles. The third kappa shape index (κ3) is 5.42. The highest BCUT2D eigenvalue weighted by molar-refractivity contribution is 6.53. The number of anilines is 2. The van der Waals surface area contributed by atoms with Crippen molar-refractivity contribution < 1.29 is 9.59 Å². The lowest BCUT2D eigenvalue weighted by Gasteiger charge is -2.11. The molecule has 1 heterocycles. The second-order valence-electron chi connectivity index (χ2n) is 8.37. The fraction of sp³-hybridized carbons (Fsp3) is 0.120. The molecule has 1 aliphatic rings. The average molecular weight is 596 g/mol. The summed E-state index contributed by atoms with van der Waals surface area (Å²) in [5, 5.41) is 14.3. The number of carbonyl (C=O) groups is 2. The number of benzene rings is 3. The molecule has 1 aromatic heterocycles. The van der Waals surface area contributed by atoms with E-state index in [1.54, 1.807) is 65.6 Å². The first kappa shape index (κ1) is 25.8. The Bertz CT molecular complexity index is 1470. The molecule has 7 nitrogen and oxygen atoms in total. The van der Waals surface area contributed by atoms with Gasteiger partial charge in [0.2, 0.25) is 5.91 Å². The van der Waals surface area contributed by atoms with Crippen molar-refractivity contribution in [2.45, 2.75) is 10.3 Å². The molecule has 5 rings (SSSR count). The molecule has 0 bridgehead atoms. The molecule has 3 aromatic carbocycles. The lowest BCUT2D eigenvalue weighted by molar-refractivity contribution is -0.117. The van der Waals surface area contributed by atoms with Crippen LogP contribution in [0.25, 0.3) is 5.69 Å². The molecule has 0 radical (unpaired) electrons. The van der Waals surface area contributed by atoms with Crippen LogP contribution in [0.15, 0.2) is 73.1 Å². The first-order chi connectivity index (χ1) is 17.6. The van der Waals surface area contributed by atoms with Crippen LogP contribution in [0.2, 0.25) is 15.1 Å². The smallest absolute Gasteiger partial charge is 0.257 e. The van der Waals surface area contributed by atoms with Gasteiger partial charge in [0.1, 0.15) is 4.33 Å². The number of rotatable bonds is 6. The summed E-state index contributed by atoms with van der Waals surface area (Å²) in [6.45, 7) is 0. The summed E-state index contributed by atoms with van der Waals surface area (Å²) in [4.78, 5) is 26.0. The van der Waals surface area contributed by atoms with Crippen LogP contribution < -0.4 is 10.6 Å². The largest absolute Gasteiger partial charge is 0.326 e. The molecule has 0 saturated heterocycles. The number of alkyl halides is 2. The van der Waals surface area contributed by atoms with Crippen LogP contribution in [0.1, 0.15) is 21.8 Å². The fourth-order valence-corrected chi connectivity index (χ4v) is 5.64. The minimum Gasteiger partial charge on any atom is -0.326 e. The number of amides is 2. The Kier molecular flexibility index (Phi) is 7.09. The van der Waals surface area contributed by atoms with Gasteiger partial charge in [0, 0.05) is 27.3 Å². The van der Waals surface area contributed by atoms with Gasteiger partial charge in [-0.05, 0) is 66.2 Å². The molecule has 2 atom stereocenters. The summed E-state index contributed by atoms with van der Waals surface area (Å²) in [6.07, 6.45) is 3.28. The SMILES string of the molecule is O=C(Nc1ccc(-n2ccnn2)cc1)c1cc(NC(=O)C2C(c3cc(Cl)cc(Cl)c3)C2(Cl)Cl)ccc1Cl. The third-order valence-corrected chi connectivity index (χ3v) is 7.58. The Morgan fingerprint density at radius 1 is 0.865 bits per heavy atom. The van der Waals surface area contributed by atoms with Crippen LogP contribution in [0.5, 0.6) is 0 Å². The Hall–Kier alpha value is -2.81. The van der Waals surface area contributed by atoms with Crippen molar-refractivity contribution in [2.75, 3.05) is 10.6 Å². The standard InChI is InChI=1S/C25H16Cl5N5O2/c26-14-9-13(10-15(27)11-14)21-22(25(21,29)30)24(37)33-17-3-6-20(28)19(12-17)23(36)32-16-1-4-18(5-2-16)35-8-7-31-34-35/h1-12,21-22H,(H,32,36)(H,33,37). The Labute approximate surface area is 236 Å². The van der Waals surface area contributed by atoms with E-state index in [4.69, 9.17) is 58.0 Å². The highest BCUT2D eigenvalue weighted by atomic mass is 35.5. The van der Waals surface area contributed by atoms with Gasteiger partial charge in [-0.3, -0.25) is 9.59 Å². The van der Waals surface area contributed by atoms with Gasteiger partial charge in [-0.1, -0.05) is 40.0 Å². The summed E-state index contributed by atoms with van der Waals surface area (Å²) in [5.41, 5.74) is 2.53. The van der Waals surface area contributed by atoms with Crippen molar-refractivity contribution in [3.63, 3.8) is 0 Å². The lowest BCUT2D eigenvalue weighted by atomic mass is 10.1. The third-order valence-electron chi connectivity index (χ3n) is 5.87. The van der Waals surface area contributed by atoms with Crippen molar-refractivity contribution >= 4 is 81.2 Å². The molecule has 188 valence electrons. The van der Waals surface area contributed by atoms with Crippen molar-refractivity contribution in [2.24, 2.45) is 5.92 Å². The van der Waals surface area contributed by atoms with Gasteiger partial charge in [-0.25, -0.2) is 4.68 Å². The average Bonchev–Trinajstić information content (AvgIpc) is 3.16. The predicted octanol–water partition coefficient (Wildman–Crippen LogP) is 7.01. The van der Waals surface area contributed by atoms with E-state index < -0.39 is 28.0 Å². The van der Waals surface area contributed by atoms with E-state index >= 15 is 0 Å². The minimum absolute atomic E-state index is 0.178. The summed E-state index contributed by atoms with van der Waals surface area (Å²) in [6, 6.07) is 16.5. The maximum absolute atomic E-state index is 13.0. The van der Waals surface area contributed by atoms with Gasteiger partial charge in [-0.2, -0.15) is 0 Å². The maximum atomic E-state index is 13.0. The molecular weight excluding hydrogens is 580 g/mol. The molecule has 4 aromatic rings. The van der Waals surface area contributed by atoms with Gasteiger partial charge < -0.3 is 10.6 Å². The predicted molar refractivity (Wildman–Crippen MR) is 147 cm³/mol. The van der Waals surface area contributed by atoms with Gasteiger partial charge in [0.25, 0.3) is 5.91 Å². The summed E-state index contributed by atoms with van der Waals surface area (Å²) in [7, 11) is 0. The van der Waals surface area contributed by atoms with Crippen LogP contribution in [-0.2, 0) is 4.79 Å². The zero-order chi connectivity index (χ0) is 26.3. The fourth-order valence-electron chi connectivity index (χ4n) is 4.06. The Balaban J connectivity index is 1.29. The van der Waals surface area contributed by atoms with Crippen LogP contribution in [0, 0.1) is 5.92 Å². The summed E-state index contributed by atoms with van der Waals surface area (Å²) in [5.74, 6) is -2.11. The van der Waals surface area contributed by atoms with Gasteiger partial charge >= 0.3 is 0 Å². The van der Waals surface area contributed by atoms with Crippen LogP contribution in [0.3, 0.4) is 0 Å². The molecule has 0 spiro atoms. The number of nitrogens with zero attached hydrogens (tertiary/aromatic N) is 3. The molecule has 2 unspecified atom stereocenters. The highest BCUT2D eigenvalue weighted by Gasteiger charge is 2.67. The number of halogens is 5. The molecule has 2 N–H and O–H groups in total. The number of nitrogens with one attached hydrogen (secondary N) is 2. The van der Waals surface area contributed by atoms with Gasteiger partial charge in [0.05, 0.1) is 34.6 Å². The minimum atomic E-state index is -1.33. The van der Waals surface area contributed by atoms with E-state index in [0.29, 0.717) is 27.0 Å². The van der Waals surface area contributed by atoms with Crippen molar-refractivity contribution in [1.82, 2.24) is 15.0 Å². The molecule has 1 fully saturated rings. The van der Waals surface area contributed by atoms with Crippen molar-refractivity contribution in [1.29, 1.82) is 0 Å². The maximum Gasteiger partial charge on any atom is 0.257 e. The Morgan fingerprint density at radius 3 is 2.19 bits per heavy atom. The lowest BCUT2D eigenvalue weighted by Crippen LogP contribution is -2.18. The van der Waals surface area contributed by atoms with Crippen LogP contribution >= 0.6 is 58.0 Å². The highest BCUT2D eigenvalue weighted by Crippen LogP contribution is 2.65. The van der Waals surface area contributed by atoms with E-state index in [0.717, 1.165) is 5.69 Å². The van der Waals surface area contributed by atoms with E-state index in [2.05, 4.69) is 20.9 Å². The molecule has 1 saturated carbocycles. The van der Waals surface area contributed by atoms with Gasteiger partial charge in [0.15, 0.2) is 0 Å². The zero-order valence-electron chi connectivity index (χ0n) is 18.6. The molecule has 2 amide bonds. The molecule has 12 heteroatoms. The number of carbonyl (C=O) groups excluding carboxylic acids is 2. The zero-order valence-corrected chi connectivity index (χ0v) is 22.4. The second-order valence-corrected chi connectivity index (χ2v) is 11.1. The monoisotopic (exact) mass is 593 g/mol. The van der Waals surface area contributed by atoms with Crippen molar-refractivity contribution in [3.8, 4) is 5.69 Å². The first-order valence-corrected chi connectivity index (χ1v) is 12.7. The van der Waals surface area contributed by atoms with E-state index in [1.807, 2.05) is 0 Å². The number of aromatic nitrogens is 3. The molecule has 1 aliphatic carbocycles. The van der Waals surface area contributed by atoms with Crippen LogP contribution in [-0.4, -0.2) is 31.1 Å². The molecular formula is C25H16Cl5N5O2. The van der Waals surface area contributed by atoms with E-state index in [1.165, 1.54) is 12.1 Å². The quantitative estimate of drug-likeness (QED) is 0.235. The normalized spacial score (nSPS) is 17.8.